The minimum Gasteiger partial charge on any atom is -0.299 e. The maximum absolute atomic E-state index is 12.7. The van der Waals surface area contributed by atoms with E-state index in [0.717, 1.165) is 0 Å². The second kappa shape index (κ2) is 4.25. The van der Waals surface area contributed by atoms with Gasteiger partial charge in [-0.25, -0.2) is 0 Å². The summed E-state index contributed by atoms with van der Waals surface area (Å²) < 4.78 is 75.7. The molecule has 2 rings (SSSR count). The van der Waals surface area contributed by atoms with Crippen LogP contribution in [0.2, 0.25) is 0 Å². The topological polar surface area (TPSA) is 17.1 Å². The highest BCUT2D eigenvalue weighted by atomic mass is 19.4. The molecule has 0 heterocycles. The normalized spacial score (nSPS) is 20.3. The Labute approximate surface area is 104 Å². The van der Waals surface area contributed by atoms with Gasteiger partial charge in [0.25, 0.3) is 0 Å². The molecule has 0 spiro atoms. The van der Waals surface area contributed by atoms with E-state index >= 15 is 0 Å². The highest BCUT2D eigenvalue weighted by molar-refractivity contribution is 5.91. The van der Waals surface area contributed by atoms with Crippen LogP contribution >= 0.6 is 0 Å². The van der Waals surface area contributed by atoms with E-state index in [1.165, 1.54) is 0 Å². The van der Waals surface area contributed by atoms with Gasteiger partial charge in [0.2, 0.25) is 0 Å². The van der Waals surface area contributed by atoms with Gasteiger partial charge in [-0.15, -0.1) is 0 Å². The maximum atomic E-state index is 12.7. The van der Waals surface area contributed by atoms with E-state index in [1.807, 2.05) is 0 Å². The third kappa shape index (κ3) is 2.59. The molecular weight excluding hydrogens is 274 g/mol. The van der Waals surface area contributed by atoms with Gasteiger partial charge in [0, 0.05) is 12.3 Å². The van der Waals surface area contributed by atoms with E-state index in [4.69, 9.17) is 0 Å². The number of benzene rings is 1. The minimum atomic E-state index is -4.77. The molecule has 0 aliphatic heterocycles. The molecule has 1 aromatic rings. The Morgan fingerprint density at radius 3 is 2.00 bits per heavy atom. The van der Waals surface area contributed by atoms with E-state index in [2.05, 4.69) is 0 Å². The standard InChI is InChI=1S/C12H8F6O/c13-11(14,15)6-1-3-9(12(16,17)18)8(5-6)7-2-4-10(7)19/h1,3,5,7H,2,4H2. The molecule has 19 heavy (non-hydrogen) atoms. The zero-order valence-electron chi connectivity index (χ0n) is 9.40. The van der Waals surface area contributed by atoms with Crippen molar-refractivity contribution in [3.8, 4) is 0 Å². The lowest BCUT2D eigenvalue weighted by molar-refractivity contribution is -0.142. The molecule has 0 N–H and O–H groups in total. The van der Waals surface area contributed by atoms with Crippen LogP contribution in [-0.2, 0) is 17.1 Å². The van der Waals surface area contributed by atoms with Gasteiger partial charge in [0.1, 0.15) is 5.78 Å². The van der Waals surface area contributed by atoms with Gasteiger partial charge in [0.05, 0.1) is 11.1 Å². The minimum absolute atomic E-state index is 0.109. The number of carbonyl (C=O) groups excluding carboxylic acids is 1. The molecule has 1 nitrogen and oxygen atoms in total. The van der Waals surface area contributed by atoms with E-state index in [9.17, 15) is 31.1 Å². The number of hydrogen-bond donors (Lipinski definition) is 0. The van der Waals surface area contributed by atoms with Crippen LogP contribution in [0.3, 0.4) is 0 Å². The van der Waals surface area contributed by atoms with Gasteiger partial charge in [-0.3, -0.25) is 4.79 Å². The summed E-state index contributed by atoms with van der Waals surface area (Å²) >= 11 is 0. The Hall–Kier alpha value is -1.53. The lowest BCUT2D eigenvalue weighted by Gasteiger charge is -2.27. The van der Waals surface area contributed by atoms with Crippen LogP contribution < -0.4 is 0 Å². The van der Waals surface area contributed by atoms with Crippen molar-refractivity contribution in [2.75, 3.05) is 0 Å². The monoisotopic (exact) mass is 282 g/mol. The number of hydrogen-bond acceptors (Lipinski definition) is 1. The number of Topliss-reactive ketones (excluding diaryl/α,β-unsaturated/α-hetero) is 1. The summed E-state index contributed by atoms with van der Waals surface area (Å²) in [6.07, 6.45) is -9.23. The smallest absolute Gasteiger partial charge is 0.299 e. The fourth-order valence-corrected chi connectivity index (χ4v) is 2.02. The summed E-state index contributed by atoms with van der Waals surface area (Å²) in [6, 6.07) is 1.21. The van der Waals surface area contributed by atoms with E-state index in [1.54, 1.807) is 0 Å². The van der Waals surface area contributed by atoms with Gasteiger partial charge >= 0.3 is 12.4 Å². The first kappa shape index (κ1) is 13.9. The molecule has 1 unspecified atom stereocenters. The van der Waals surface area contributed by atoms with Gasteiger partial charge in [-0.1, -0.05) is 0 Å². The van der Waals surface area contributed by atoms with Crippen molar-refractivity contribution in [1.82, 2.24) is 0 Å². The van der Waals surface area contributed by atoms with Crippen LogP contribution in [0.15, 0.2) is 18.2 Å². The number of carbonyl (C=O) groups is 1. The molecule has 1 aliphatic rings. The van der Waals surface area contributed by atoms with Crippen LogP contribution in [0.5, 0.6) is 0 Å². The van der Waals surface area contributed by atoms with Gasteiger partial charge in [-0.2, -0.15) is 26.3 Å². The van der Waals surface area contributed by atoms with Gasteiger partial charge < -0.3 is 0 Å². The van der Waals surface area contributed by atoms with E-state index in [0.29, 0.717) is 18.2 Å². The van der Waals surface area contributed by atoms with Crippen LogP contribution in [0.4, 0.5) is 26.3 Å². The quantitative estimate of drug-likeness (QED) is 0.706. The first-order valence-electron chi connectivity index (χ1n) is 5.42. The SMILES string of the molecule is O=C1CCC1c1cc(C(F)(F)F)ccc1C(F)(F)F. The molecule has 0 bridgehead atoms. The van der Waals surface area contributed by atoms with Crippen molar-refractivity contribution in [2.45, 2.75) is 31.1 Å². The third-order valence-corrected chi connectivity index (χ3v) is 3.13. The highest BCUT2D eigenvalue weighted by Gasteiger charge is 2.41. The Bertz CT molecular complexity index is 514. The van der Waals surface area contributed by atoms with E-state index in [-0.39, 0.29) is 12.8 Å². The molecule has 1 aliphatic carbocycles. The van der Waals surface area contributed by atoms with Crippen LogP contribution in [0.1, 0.15) is 35.4 Å². The van der Waals surface area contributed by atoms with Crippen LogP contribution in [0, 0.1) is 0 Å². The molecule has 1 atom stereocenters. The Kier molecular flexibility index (Phi) is 3.10. The van der Waals surface area contributed by atoms with Crippen molar-refractivity contribution < 1.29 is 31.1 Å². The molecular formula is C12H8F6O. The van der Waals surface area contributed by atoms with Gasteiger partial charge in [0.15, 0.2) is 0 Å². The number of rotatable bonds is 1. The fraction of sp³-hybridized carbons (Fsp3) is 0.417. The first-order chi connectivity index (χ1) is 8.60. The molecule has 1 saturated carbocycles. The van der Waals surface area contributed by atoms with E-state index < -0.39 is 40.7 Å². The Morgan fingerprint density at radius 2 is 1.63 bits per heavy atom. The van der Waals surface area contributed by atoms with Crippen LogP contribution in [0.25, 0.3) is 0 Å². The van der Waals surface area contributed by atoms with Crippen molar-refractivity contribution in [3.05, 3.63) is 34.9 Å². The maximum Gasteiger partial charge on any atom is 0.416 e. The molecule has 104 valence electrons. The molecule has 0 aromatic heterocycles. The lowest BCUT2D eigenvalue weighted by atomic mass is 9.76. The molecule has 0 radical (unpaired) electrons. The predicted molar refractivity (Wildman–Crippen MR) is 53.4 cm³/mol. The summed E-state index contributed by atoms with van der Waals surface area (Å²) in [7, 11) is 0. The summed E-state index contributed by atoms with van der Waals surface area (Å²) in [5.41, 5.74) is -2.91. The summed E-state index contributed by atoms with van der Waals surface area (Å²) in [5, 5.41) is 0. The molecule has 1 aromatic carbocycles. The molecule has 1 fully saturated rings. The molecule has 7 heteroatoms. The predicted octanol–water partition coefficient (Wildman–Crippen LogP) is 4.17. The third-order valence-electron chi connectivity index (χ3n) is 3.13. The fourth-order valence-electron chi connectivity index (χ4n) is 2.02. The lowest BCUT2D eigenvalue weighted by Crippen LogP contribution is -2.26. The zero-order valence-corrected chi connectivity index (χ0v) is 9.40. The Balaban J connectivity index is 2.54. The first-order valence-corrected chi connectivity index (χ1v) is 5.42. The summed E-state index contributed by atoms with van der Waals surface area (Å²) in [6.45, 7) is 0. The highest BCUT2D eigenvalue weighted by Crippen LogP contribution is 2.43. The second-order valence-corrected chi connectivity index (χ2v) is 4.36. The second-order valence-electron chi connectivity index (χ2n) is 4.36. The van der Waals surface area contributed by atoms with Crippen molar-refractivity contribution >= 4 is 5.78 Å². The molecule has 0 saturated heterocycles. The molecule has 0 amide bonds. The summed E-state index contributed by atoms with van der Waals surface area (Å²) in [4.78, 5) is 11.2. The van der Waals surface area contributed by atoms with Gasteiger partial charge in [-0.05, 0) is 30.2 Å². The average molecular weight is 282 g/mol. The number of alkyl halides is 6. The van der Waals surface area contributed by atoms with Crippen LogP contribution in [-0.4, -0.2) is 5.78 Å². The average Bonchev–Trinajstić information content (AvgIpc) is 2.24. The summed E-state index contributed by atoms with van der Waals surface area (Å²) in [5.74, 6) is -1.52. The number of halogens is 6. The zero-order chi connectivity index (χ0) is 14.4. The van der Waals surface area contributed by atoms with Crippen molar-refractivity contribution in [1.29, 1.82) is 0 Å². The largest absolute Gasteiger partial charge is 0.416 e. The van der Waals surface area contributed by atoms with Crippen molar-refractivity contribution in [3.63, 3.8) is 0 Å². The Morgan fingerprint density at radius 1 is 1.00 bits per heavy atom. The van der Waals surface area contributed by atoms with Crippen molar-refractivity contribution in [2.24, 2.45) is 0 Å². The number of ketones is 1.